The third kappa shape index (κ3) is 10.3. The molecule has 0 radical (unpaired) electrons. The van der Waals surface area contributed by atoms with Crippen molar-refractivity contribution in [3.8, 4) is 0 Å². The number of Topliss-reactive ketones (excluding diaryl/α,β-unsaturated/α-hetero) is 1. The molecule has 0 fully saturated rings. The predicted molar refractivity (Wildman–Crippen MR) is 175 cm³/mol. The molecule has 0 aliphatic carbocycles. The van der Waals surface area contributed by atoms with Gasteiger partial charge in [-0.2, -0.15) is 25.2 Å². The van der Waals surface area contributed by atoms with E-state index in [0.29, 0.717) is 60.1 Å². The second-order valence-electron chi connectivity index (χ2n) is 10.8. The molecule has 0 bridgehead atoms. The van der Waals surface area contributed by atoms with Crippen molar-refractivity contribution in [2.75, 3.05) is 73.9 Å². The number of rotatable bonds is 17. The zero-order valence-corrected chi connectivity index (χ0v) is 26.0. The molecule has 1 aliphatic rings. The molecule has 2 amide bonds. The SMILES string of the molecule is CNCCCNc1nc(NCCCN(C)C)nc(Nc2ccc(N=NC(C(C)=O)C(=O)Nc3ccc4c(c3)NC(=O)C4)cc2)n1. The number of azo groups is 1. The largest absolute Gasteiger partial charge is 0.354 e. The third-order valence-corrected chi connectivity index (χ3v) is 6.64. The highest BCUT2D eigenvalue weighted by atomic mass is 16.2. The standard InChI is InChI=1S/C30H40N12O3/c1-19(43)26(27(45)34-23-8-7-20-17-25(44)36-24(20)18-23)41-40-22-11-9-21(10-12-22)35-30-38-28(32-14-5-13-31-2)37-29(39-30)33-15-6-16-42(3)4/h7-12,18,26,31H,5-6,13-17H2,1-4H3,(H,34,45)(H,36,44)(H3,32,33,35,37,38,39). The van der Waals surface area contributed by atoms with Crippen LogP contribution in [0, 0.1) is 0 Å². The highest BCUT2D eigenvalue weighted by Gasteiger charge is 2.24. The van der Waals surface area contributed by atoms with Crippen LogP contribution in [0.15, 0.2) is 52.7 Å². The van der Waals surface area contributed by atoms with Crippen molar-refractivity contribution in [1.29, 1.82) is 0 Å². The number of carbonyl (C=O) groups excluding carboxylic acids is 3. The van der Waals surface area contributed by atoms with Crippen LogP contribution < -0.4 is 31.9 Å². The molecule has 2 aromatic carbocycles. The summed E-state index contributed by atoms with van der Waals surface area (Å²) in [6.45, 7) is 4.51. The number of fused-ring (bicyclic) bond motifs is 1. The number of aromatic nitrogens is 3. The Labute approximate surface area is 262 Å². The van der Waals surface area contributed by atoms with Gasteiger partial charge in [0.2, 0.25) is 29.8 Å². The lowest BCUT2D eigenvalue weighted by Gasteiger charge is -2.13. The van der Waals surface area contributed by atoms with Gasteiger partial charge in [-0.05, 0) is 96.0 Å². The number of nitrogens with one attached hydrogen (secondary N) is 6. The number of ketones is 1. The Morgan fingerprint density at radius 2 is 1.60 bits per heavy atom. The molecule has 0 spiro atoms. The monoisotopic (exact) mass is 616 g/mol. The predicted octanol–water partition coefficient (Wildman–Crippen LogP) is 3.17. The van der Waals surface area contributed by atoms with Crippen LogP contribution in [-0.4, -0.2) is 90.8 Å². The molecule has 1 aliphatic heterocycles. The van der Waals surface area contributed by atoms with Gasteiger partial charge in [-0.1, -0.05) is 6.07 Å². The lowest BCUT2D eigenvalue weighted by atomic mass is 10.1. The van der Waals surface area contributed by atoms with E-state index in [1.807, 2.05) is 21.1 Å². The average molecular weight is 617 g/mol. The van der Waals surface area contributed by atoms with Crippen LogP contribution in [-0.2, 0) is 20.8 Å². The fourth-order valence-corrected chi connectivity index (χ4v) is 4.34. The van der Waals surface area contributed by atoms with Crippen LogP contribution in [0.4, 0.5) is 40.6 Å². The van der Waals surface area contributed by atoms with Crippen LogP contribution in [0.2, 0.25) is 0 Å². The highest BCUT2D eigenvalue weighted by molar-refractivity contribution is 6.10. The Bertz CT molecular complexity index is 1510. The lowest BCUT2D eigenvalue weighted by Crippen LogP contribution is -2.31. The fraction of sp³-hybridized carbons (Fsp3) is 0.400. The van der Waals surface area contributed by atoms with Gasteiger partial charge in [0, 0.05) is 30.2 Å². The second-order valence-corrected chi connectivity index (χ2v) is 10.8. The number of nitrogens with zero attached hydrogens (tertiary/aromatic N) is 6. The molecule has 6 N–H and O–H groups in total. The van der Waals surface area contributed by atoms with E-state index in [9.17, 15) is 14.4 Å². The molecule has 1 aromatic heterocycles. The Morgan fingerprint density at radius 1 is 0.933 bits per heavy atom. The molecule has 1 unspecified atom stereocenters. The third-order valence-electron chi connectivity index (χ3n) is 6.64. The van der Waals surface area contributed by atoms with Crippen LogP contribution in [0.5, 0.6) is 0 Å². The Balaban J connectivity index is 1.39. The number of hydrogen-bond acceptors (Lipinski definition) is 13. The Hall–Kier alpha value is -5.02. The first-order valence-electron chi connectivity index (χ1n) is 14.8. The Morgan fingerprint density at radius 3 is 2.27 bits per heavy atom. The topological polar surface area (TPSA) is 190 Å². The van der Waals surface area contributed by atoms with Crippen molar-refractivity contribution in [2.45, 2.75) is 32.2 Å². The molecule has 3 aromatic rings. The maximum absolute atomic E-state index is 12.8. The van der Waals surface area contributed by atoms with Gasteiger partial charge >= 0.3 is 0 Å². The summed E-state index contributed by atoms with van der Waals surface area (Å²) in [4.78, 5) is 52.3. The molecule has 15 nitrogen and oxygen atoms in total. The summed E-state index contributed by atoms with van der Waals surface area (Å²) in [6, 6.07) is 10.7. The van der Waals surface area contributed by atoms with Gasteiger partial charge in [0.15, 0.2) is 5.78 Å². The first-order valence-corrected chi connectivity index (χ1v) is 14.8. The Kier molecular flexibility index (Phi) is 11.8. The molecule has 0 saturated heterocycles. The van der Waals surface area contributed by atoms with Crippen LogP contribution >= 0.6 is 0 Å². The molecule has 0 saturated carbocycles. The van der Waals surface area contributed by atoms with E-state index in [1.54, 1.807) is 42.5 Å². The van der Waals surface area contributed by atoms with Crippen LogP contribution in [0.25, 0.3) is 0 Å². The number of carbonyl (C=O) groups is 3. The number of benzene rings is 2. The molecular formula is C30H40N12O3. The molecular weight excluding hydrogens is 576 g/mol. The summed E-state index contributed by atoms with van der Waals surface area (Å²) < 4.78 is 0. The molecule has 4 rings (SSSR count). The molecule has 1 atom stereocenters. The van der Waals surface area contributed by atoms with E-state index >= 15 is 0 Å². The van der Waals surface area contributed by atoms with E-state index in [1.165, 1.54) is 6.92 Å². The summed E-state index contributed by atoms with van der Waals surface area (Å²) >= 11 is 0. The van der Waals surface area contributed by atoms with E-state index in [4.69, 9.17) is 0 Å². The minimum absolute atomic E-state index is 0.108. The van der Waals surface area contributed by atoms with Gasteiger partial charge in [-0.15, -0.1) is 0 Å². The van der Waals surface area contributed by atoms with Gasteiger partial charge in [0.05, 0.1) is 12.1 Å². The summed E-state index contributed by atoms with van der Waals surface area (Å²) in [5.74, 6) is 0.104. The van der Waals surface area contributed by atoms with Crippen LogP contribution in [0.1, 0.15) is 25.3 Å². The van der Waals surface area contributed by atoms with E-state index < -0.39 is 17.7 Å². The first-order chi connectivity index (χ1) is 21.7. The summed E-state index contributed by atoms with van der Waals surface area (Å²) in [5, 5.41) is 26.4. The summed E-state index contributed by atoms with van der Waals surface area (Å²) in [5.41, 5.74) is 3.07. The smallest absolute Gasteiger partial charge is 0.258 e. The van der Waals surface area contributed by atoms with Crippen molar-refractivity contribution in [3.63, 3.8) is 0 Å². The van der Waals surface area contributed by atoms with Crippen molar-refractivity contribution in [2.24, 2.45) is 10.2 Å². The zero-order chi connectivity index (χ0) is 32.2. The second kappa shape index (κ2) is 16.2. The van der Waals surface area contributed by atoms with E-state index in [-0.39, 0.29) is 5.91 Å². The summed E-state index contributed by atoms with van der Waals surface area (Å²) in [7, 11) is 5.97. The van der Waals surface area contributed by atoms with Crippen molar-refractivity contribution >= 4 is 58.2 Å². The van der Waals surface area contributed by atoms with E-state index in [0.717, 1.165) is 31.5 Å². The fourth-order valence-electron chi connectivity index (χ4n) is 4.34. The van der Waals surface area contributed by atoms with Crippen molar-refractivity contribution < 1.29 is 14.4 Å². The van der Waals surface area contributed by atoms with Gasteiger partial charge in [-0.3, -0.25) is 14.4 Å². The average Bonchev–Trinajstić information content (AvgIpc) is 3.37. The molecule has 2 heterocycles. The van der Waals surface area contributed by atoms with Gasteiger partial charge in [0.1, 0.15) is 0 Å². The maximum atomic E-state index is 12.8. The minimum Gasteiger partial charge on any atom is -0.354 e. The molecule has 15 heteroatoms. The number of amides is 2. The molecule has 45 heavy (non-hydrogen) atoms. The van der Waals surface area contributed by atoms with Crippen molar-refractivity contribution in [1.82, 2.24) is 25.2 Å². The van der Waals surface area contributed by atoms with E-state index in [2.05, 4.69) is 62.0 Å². The number of hydrogen-bond donors (Lipinski definition) is 6. The van der Waals surface area contributed by atoms with Gasteiger partial charge < -0.3 is 36.8 Å². The van der Waals surface area contributed by atoms with Gasteiger partial charge in [-0.25, -0.2) is 0 Å². The molecule has 238 valence electrons. The lowest BCUT2D eigenvalue weighted by molar-refractivity contribution is -0.126. The minimum atomic E-state index is -1.33. The van der Waals surface area contributed by atoms with Gasteiger partial charge in [0.25, 0.3) is 5.91 Å². The van der Waals surface area contributed by atoms with Crippen LogP contribution in [0.3, 0.4) is 0 Å². The zero-order valence-electron chi connectivity index (χ0n) is 26.0. The highest BCUT2D eigenvalue weighted by Crippen LogP contribution is 2.27. The summed E-state index contributed by atoms with van der Waals surface area (Å²) in [6.07, 6.45) is 2.14. The maximum Gasteiger partial charge on any atom is 0.258 e. The van der Waals surface area contributed by atoms with Crippen molar-refractivity contribution in [3.05, 3.63) is 48.0 Å². The first kappa shape index (κ1) is 32.9. The normalized spacial score (nSPS) is 13.0. The quantitative estimate of drug-likeness (QED) is 0.0742. The number of anilines is 6.